The van der Waals surface area contributed by atoms with Crippen LogP contribution in [-0.4, -0.2) is 20.1 Å². The molecule has 2 aromatic carbocycles. The third-order valence-electron chi connectivity index (χ3n) is 3.41. The Bertz CT molecular complexity index is 713. The molecule has 0 unspecified atom stereocenters. The van der Waals surface area contributed by atoms with Gasteiger partial charge in [-0.05, 0) is 43.2 Å². The van der Waals surface area contributed by atoms with E-state index in [0.29, 0.717) is 22.7 Å². The van der Waals surface area contributed by atoms with Gasteiger partial charge in [0, 0.05) is 17.3 Å². The van der Waals surface area contributed by atoms with Crippen molar-refractivity contribution in [3.05, 3.63) is 52.8 Å². The van der Waals surface area contributed by atoms with E-state index in [1.54, 1.807) is 38.3 Å². The van der Waals surface area contributed by atoms with E-state index < -0.39 is 5.82 Å². The van der Waals surface area contributed by atoms with Gasteiger partial charge in [0.2, 0.25) is 0 Å². The van der Waals surface area contributed by atoms with E-state index >= 15 is 0 Å². The van der Waals surface area contributed by atoms with E-state index in [1.165, 1.54) is 13.2 Å². The van der Waals surface area contributed by atoms with Gasteiger partial charge < -0.3 is 14.8 Å². The van der Waals surface area contributed by atoms with Crippen molar-refractivity contribution in [1.29, 1.82) is 0 Å². The summed E-state index contributed by atoms with van der Waals surface area (Å²) in [5.74, 6) is 0.309. The molecule has 116 valence electrons. The number of methoxy groups -OCH3 is 2. The Morgan fingerprint density at radius 3 is 2.23 bits per heavy atom. The van der Waals surface area contributed by atoms with Gasteiger partial charge in [-0.25, -0.2) is 4.39 Å². The molecule has 0 bridgehead atoms. The second kappa shape index (κ2) is 6.47. The van der Waals surface area contributed by atoms with Crippen molar-refractivity contribution in [1.82, 2.24) is 0 Å². The molecule has 2 aromatic rings. The summed E-state index contributed by atoms with van der Waals surface area (Å²) < 4.78 is 24.0. The first-order valence-corrected chi connectivity index (χ1v) is 6.76. The molecule has 0 aliphatic carbocycles. The third-order valence-corrected chi connectivity index (χ3v) is 3.41. The zero-order valence-electron chi connectivity index (χ0n) is 13.0. The van der Waals surface area contributed by atoms with Crippen molar-refractivity contribution in [3.8, 4) is 11.5 Å². The first-order valence-electron chi connectivity index (χ1n) is 6.76. The van der Waals surface area contributed by atoms with Crippen LogP contribution in [0.15, 0.2) is 30.3 Å². The van der Waals surface area contributed by atoms with Crippen molar-refractivity contribution in [3.63, 3.8) is 0 Å². The van der Waals surface area contributed by atoms with Crippen LogP contribution in [0.5, 0.6) is 11.5 Å². The minimum Gasteiger partial charge on any atom is -0.493 e. The summed E-state index contributed by atoms with van der Waals surface area (Å²) in [6, 6.07) is 7.83. The number of amides is 1. The first kappa shape index (κ1) is 15.8. The number of carbonyl (C=O) groups excluding carboxylic acids is 1. The van der Waals surface area contributed by atoms with Crippen LogP contribution in [0.25, 0.3) is 0 Å². The van der Waals surface area contributed by atoms with Gasteiger partial charge in [0.25, 0.3) is 5.91 Å². The molecule has 0 atom stereocenters. The summed E-state index contributed by atoms with van der Waals surface area (Å²) >= 11 is 0. The SMILES string of the molecule is COc1cc(C)c(NC(=O)c2ccc(C)c(F)c2)cc1OC. The molecule has 5 heteroatoms. The largest absolute Gasteiger partial charge is 0.493 e. The van der Waals surface area contributed by atoms with Gasteiger partial charge in [-0.2, -0.15) is 0 Å². The predicted molar refractivity (Wildman–Crippen MR) is 83.4 cm³/mol. The van der Waals surface area contributed by atoms with Gasteiger partial charge in [-0.15, -0.1) is 0 Å². The molecule has 0 spiro atoms. The van der Waals surface area contributed by atoms with Crippen molar-refractivity contribution >= 4 is 11.6 Å². The maximum atomic E-state index is 13.6. The average Bonchev–Trinajstić information content (AvgIpc) is 2.51. The summed E-state index contributed by atoms with van der Waals surface area (Å²) in [6.45, 7) is 3.49. The Morgan fingerprint density at radius 2 is 1.64 bits per heavy atom. The lowest BCUT2D eigenvalue weighted by molar-refractivity contribution is 0.102. The van der Waals surface area contributed by atoms with Crippen LogP contribution in [0.3, 0.4) is 0 Å². The Hall–Kier alpha value is -2.56. The molecule has 0 aliphatic rings. The summed E-state index contributed by atoms with van der Waals surface area (Å²) in [6.07, 6.45) is 0. The molecule has 0 aliphatic heterocycles. The monoisotopic (exact) mass is 303 g/mol. The number of hydrogen-bond acceptors (Lipinski definition) is 3. The van der Waals surface area contributed by atoms with Crippen molar-refractivity contribution in [2.45, 2.75) is 13.8 Å². The molecule has 4 nitrogen and oxygen atoms in total. The van der Waals surface area contributed by atoms with Gasteiger partial charge in [0.05, 0.1) is 14.2 Å². The van der Waals surface area contributed by atoms with Crippen LogP contribution < -0.4 is 14.8 Å². The fourth-order valence-electron chi connectivity index (χ4n) is 2.04. The number of benzene rings is 2. The van der Waals surface area contributed by atoms with E-state index in [9.17, 15) is 9.18 Å². The van der Waals surface area contributed by atoms with E-state index in [0.717, 1.165) is 5.56 Å². The zero-order valence-corrected chi connectivity index (χ0v) is 13.0. The summed E-state index contributed by atoms with van der Waals surface area (Å²) in [4.78, 5) is 12.2. The van der Waals surface area contributed by atoms with Gasteiger partial charge in [-0.1, -0.05) is 6.07 Å². The second-order valence-electron chi connectivity index (χ2n) is 4.94. The molecular weight excluding hydrogens is 285 g/mol. The minimum atomic E-state index is -0.406. The molecule has 0 saturated carbocycles. The normalized spacial score (nSPS) is 10.2. The van der Waals surface area contributed by atoms with Gasteiger partial charge in [-0.3, -0.25) is 4.79 Å². The first-order chi connectivity index (χ1) is 10.5. The molecule has 0 fully saturated rings. The second-order valence-corrected chi connectivity index (χ2v) is 4.94. The molecule has 0 saturated heterocycles. The molecule has 2 rings (SSSR count). The molecule has 1 N–H and O–H groups in total. The van der Waals surface area contributed by atoms with E-state index in [-0.39, 0.29) is 11.5 Å². The van der Waals surface area contributed by atoms with Crippen LogP contribution in [0.4, 0.5) is 10.1 Å². The Balaban J connectivity index is 2.29. The van der Waals surface area contributed by atoms with E-state index in [2.05, 4.69) is 5.32 Å². The standard InChI is InChI=1S/C17H18FNO3/c1-10-5-6-12(8-13(10)18)17(20)19-14-9-16(22-4)15(21-3)7-11(14)2/h5-9H,1-4H3,(H,19,20). The number of anilines is 1. The van der Waals surface area contributed by atoms with Gasteiger partial charge >= 0.3 is 0 Å². The summed E-state index contributed by atoms with van der Waals surface area (Å²) in [5, 5.41) is 2.76. The maximum absolute atomic E-state index is 13.6. The van der Waals surface area contributed by atoms with Crippen LogP contribution >= 0.6 is 0 Å². The van der Waals surface area contributed by atoms with Crippen molar-refractivity contribution in [2.24, 2.45) is 0 Å². The molecule has 22 heavy (non-hydrogen) atoms. The fraction of sp³-hybridized carbons (Fsp3) is 0.235. The molecular formula is C17H18FNO3. The van der Waals surface area contributed by atoms with Crippen LogP contribution in [0.2, 0.25) is 0 Å². The Morgan fingerprint density at radius 1 is 1.00 bits per heavy atom. The quantitative estimate of drug-likeness (QED) is 0.936. The van der Waals surface area contributed by atoms with Crippen molar-refractivity contribution < 1.29 is 18.7 Å². The maximum Gasteiger partial charge on any atom is 0.255 e. The number of aryl methyl sites for hydroxylation is 2. The van der Waals surface area contributed by atoms with E-state index in [4.69, 9.17) is 9.47 Å². The highest BCUT2D eigenvalue weighted by molar-refractivity contribution is 6.04. The minimum absolute atomic E-state index is 0.261. The Labute approximate surface area is 128 Å². The molecule has 1 amide bonds. The number of halogens is 1. The molecule has 0 heterocycles. The highest BCUT2D eigenvalue weighted by Gasteiger charge is 2.13. The van der Waals surface area contributed by atoms with Gasteiger partial charge in [0.1, 0.15) is 5.82 Å². The average molecular weight is 303 g/mol. The smallest absolute Gasteiger partial charge is 0.255 e. The van der Waals surface area contributed by atoms with Crippen molar-refractivity contribution in [2.75, 3.05) is 19.5 Å². The number of rotatable bonds is 4. The van der Waals surface area contributed by atoms with Crippen LogP contribution in [0, 0.1) is 19.7 Å². The van der Waals surface area contributed by atoms with E-state index in [1.807, 2.05) is 6.92 Å². The lowest BCUT2D eigenvalue weighted by Gasteiger charge is -2.13. The summed E-state index contributed by atoms with van der Waals surface area (Å²) in [7, 11) is 3.07. The van der Waals surface area contributed by atoms with Gasteiger partial charge in [0.15, 0.2) is 11.5 Å². The highest BCUT2D eigenvalue weighted by atomic mass is 19.1. The van der Waals surface area contributed by atoms with Crippen LogP contribution in [0.1, 0.15) is 21.5 Å². The Kier molecular flexibility index (Phi) is 4.65. The molecule has 0 radical (unpaired) electrons. The predicted octanol–water partition coefficient (Wildman–Crippen LogP) is 3.71. The lowest BCUT2D eigenvalue weighted by atomic mass is 10.1. The van der Waals surface area contributed by atoms with Crippen LogP contribution in [-0.2, 0) is 0 Å². The highest BCUT2D eigenvalue weighted by Crippen LogP contribution is 2.33. The number of hydrogen-bond donors (Lipinski definition) is 1. The fourth-order valence-corrected chi connectivity index (χ4v) is 2.04. The number of carbonyl (C=O) groups is 1. The third kappa shape index (κ3) is 3.19. The number of ether oxygens (including phenoxy) is 2. The topological polar surface area (TPSA) is 47.6 Å². The number of nitrogens with one attached hydrogen (secondary N) is 1. The summed E-state index contributed by atoms with van der Waals surface area (Å²) in [5.41, 5.74) is 2.17. The lowest BCUT2D eigenvalue weighted by Crippen LogP contribution is -2.13. The zero-order chi connectivity index (χ0) is 16.3. The molecule has 0 aromatic heterocycles.